The molecule has 128 valence electrons. The predicted molar refractivity (Wildman–Crippen MR) is 101 cm³/mol. The van der Waals surface area contributed by atoms with Crippen molar-refractivity contribution in [3.05, 3.63) is 64.5 Å². The molecular formula is C20H20N2O3. The number of aromatic hydroxyl groups is 1. The number of hydrogen-bond acceptors (Lipinski definition) is 5. The lowest BCUT2D eigenvalue weighted by Gasteiger charge is -2.21. The van der Waals surface area contributed by atoms with E-state index in [1.54, 1.807) is 12.1 Å². The van der Waals surface area contributed by atoms with Gasteiger partial charge in [0.1, 0.15) is 16.9 Å². The molecule has 0 spiro atoms. The largest absolute Gasteiger partial charge is 0.506 e. The fraction of sp³-hybridized carbons (Fsp3) is 0.200. The van der Waals surface area contributed by atoms with Crippen molar-refractivity contribution < 1.29 is 9.52 Å². The molecule has 0 unspecified atom stereocenters. The fourth-order valence-electron chi connectivity index (χ4n) is 2.74. The van der Waals surface area contributed by atoms with Crippen LogP contribution in [0.15, 0.2) is 62.7 Å². The van der Waals surface area contributed by atoms with E-state index in [-0.39, 0.29) is 11.3 Å². The normalized spacial score (nSPS) is 11.3. The molecule has 0 amide bonds. The lowest BCUT2D eigenvalue weighted by atomic mass is 10.1. The predicted octanol–water partition coefficient (Wildman–Crippen LogP) is 4.10. The van der Waals surface area contributed by atoms with E-state index in [9.17, 15) is 9.90 Å². The summed E-state index contributed by atoms with van der Waals surface area (Å²) in [6.45, 7) is 5.81. The topological polar surface area (TPSA) is 66.0 Å². The van der Waals surface area contributed by atoms with Crippen molar-refractivity contribution in [1.29, 1.82) is 0 Å². The lowest BCUT2D eigenvalue weighted by Crippen LogP contribution is -2.21. The van der Waals surface area contributed by atoms with Gasteiger partial charge in [-0.05, 0) is 38.1 Å². The Morgan fingerprint density at radius 2 is 1.84 bits per heavy atom. The molecular weight excluding hydrogens is 316 g/mol. The van der Waals surface area contributed by atoms with Gasteiger partial charge in [-0.15, -0.1) is 0 Å². The second kappa shape index (κ2) is 7.21. The average molecular weight is 336 g/mol. The Morgan fingerprint density at radius 1 is 1.12 bits per heavy atom. The smallest absolute Gasteiger partial charge is 0.348 e. The molecule has 0 aliphatic carbocycles. The van der Waals surface area contributed by atoms with Crippen LogP contribution in [-0.2, 0) is 0 Å². The van der Waals surface area contributed by atoms with Gasteiger partial charge in [0.25, 0.3) is 0 Å². The van der Waals surface area contributed by atoms with E-state index >= 15 is 0 Å². The van der Waals surface area contributed by atoms with Gasteiger partial charge in [0.05, 0.1) is 11.1 Å². The molecule has 1 heterocycles. The van der Waals surface area contributed by atoms with Crippen molar-refractivity contribution >= 4 is 28.6 Å². The highest BCUT2D eigenvalue weighted by Gasteiger charge is 2.14. The first kappa shape index (κ1) is 16.8. The maximum Gasteiger partial charge on any atom is 0.348 e. The van der Waals surface area contributed by atoms with Crippen LogP contribution in [0, 0.1) is 0 Å². The summed E-state index contributed by atoms with van der Waals surface area (Å²) in [7, 11) is 0. The van der Waals surface area contributed by atoms with E-state index in [2.05, 4.69) is 23.7 Å². The SMILES string of the molecule is CCN(CC)c1ccc2c(O)c(C=Nc3ccccc3)c(=O)oc2c1. The van der Waals surface area contributed by atoms with E-state index in [0.29, 0.717) is 16.7 Å². The van der Waals surface area contributed by atoms with Crippen molar-refractivity contribution in [2.75, 3.05) is 18.0 Å². The molecule has 0 radical (unpaired) electrons. The Kier molecular flexibility index (Phi) is 4.84. The zero-order chi connectivity index (χ0) is 17.8. The summed E-state index contributed by atoms with van der Waals surface area (Å²) >= 11 is 0. The number of para-hydroxylation sites is 1. The number of anilines is 1. The maximum absolute atomic E-state index is 12.3. The maximum atomic E-state index is 12.3. The summed E-state index contributed by atoms with van der Waals surface area (Å²) in [6, 6.07) is 14.7. The highest BCUT2D eigenvalue weighted by atomic mass is 16.4. The summed E-state index contributed by atoms with van der Waals surface area (Å²) in [4.78, 5) is 18.6. The van der Waals surface area contributed by atoms with Crippen LogP contribution in [-0.4, -0.2) is 24.4 Å². The van der Waals surface area contributed by atoms with Crippen molar-refractivity contribution in [3.63, 3.8) is 0 Å². The van der Waals surface area contributed by atoms with Gasteiger partial charge >= 0.3 is 5.63 Å². The van der Waals surface area contributed by atoms with E-state index in [1.165, 1.54) is 6.21 Å². The fourth-order valence-corrected chi connectivity index (χ4v) is 2.74. The summed E-state index contributed by atoms with van der Waals surface area (Å²) in [5, 5.41) is 11.0. The molecule has 0 saturated heterocycles. The van der Waals surface area contributed by atoms with Gasteiger partial charge in [0, 0.05) is 31.1 Å². The number of hydrogen-bond donors (Lipinski definition) is 1. The number of aliphatic imine (C=N–C) groups is 1. The Labute approximate surface area is 145 Å². The zero-order valence-corrected chi connectivity index (χ0v) is 14.3. The van der Waals surface area contributed by atoms with Crippen LogP contribution >= 0.6 is 0 Å². The number of rotatable bonds is 5. The molecule has 1 N–H and O–H groups in total. The minimum Gasteiger partial charge on any atom is -0.506 e. The molecule has 1 aromatic heterocycles. The average Bonchev–Trinajstić information content (AvgIpc) is 2.63. The van der Waals surface area contributed by atoms with E-state index in [0.717, 1.165) is 18.8 Å². The molecule has 0 fully saturated rings. The lowest BCUT2D eigenvalue weighted by molar-refractivity contribution is 0.466. The summed E-state index contributed by atoms with van der Waals surface area (Å²) in [6.07, 6.45) is 1.34. The van der Waals surface area contributed by atoms with Crippen LogP contribution < -0.4 is 10.5 Å². The van der Waals surface area contributed by atoms with Gasteiger partial charge in [-0.1, -0.05) is 18.2 Å². The highest BCUT2D eigenvalue weighted by Crippen LogP contribution is 2.29. The summed E-state index contributed by atoms with van der Waals surface area (Å²) < 4.78 is 5.41. The van der Waals surface area contributed by atoms with Crippen LogP contribution in [0.4, 0.5) is 11.4 Å². The van der Waals surface area contributed by atoms with Crippen LogP contribution in [0.2, 0.25) is 0 Å². The Morgan fingerprint density at radius 3 is 2.52 bits per heavy atom. The van der Waals surface area contributed by atoms with Crippen molar-refractivity contribution in [1.82, 2.24) is 0 Å². The minimum absolute atomic E-state index is 0.0481. The zero-order valence-electron chi connectivity index (χ0n) is 14.3. The molecule has 5 nitrogen and oxygen atoms in total. The molecule has 0 aliphatic rings. The van der Waals surface area contributed by atoms with Gasteiger partial charge in [-0.2, -0.15) is 0 Å². The third-order valence-corrected chi connectivity index (χ3v) is 4.13. The highest BCUT2D eigenvalue weighted by molar-refractivity contribution is 5.95. The molecule has 0 bridgehead atoms. The van der Waals surface area contributed by atoms with Crippen molar-refractivity contribution in [2.45, 2.75) is 13.8 Å². The first-order valence-corrected chi connectivity index (χ1v) is 8.28. The number of benzene rings is 2. The molecule has 0 atom stereocenters. The second-order valence-corrected chi connectivity index (χ2v) is 5.60. The van der Waals surface area contributed by atoms with Crippen LogP contribution in [0.5, 0.6) is 5.75 Å². The third-order valence-electron chi connectivity index (χ3n) is 4.13. The minimum atomic E-state index is -0.610. The summed E-state index contributed by atoms with van der Waals surface area (Å²) in [5.41, 5.74) is 1.45. The van der Waals surface area contributed by atoms with Crippen molar-refractivity contribution in [3.8, 4) is 5.75 Å². The van der Waals surface area contributed by atoms with Crippen LogP contribution in [0.3, 0.4) is 0 Å². The van der Waals surface area contributed by atoms with Crippen LogP contribution in [0.1, 0.15) is 19.4 Å². The van der Waals surface area contributed by atoms with Crippen LogP contribution in [0.25, 0.3) is 11.0 Å². The molecule has 5 heteroatoms. The number of nitrogens with zero attached hydrogens (tertiary/aromatic N) is 2. The Hall–Kier alpha value is -3.08. The molecule has 2 aromatic carbocycles. The summed E-state index contributed by atoms with van der Waals surface area (Å²) in [5.74, 6) is -0.114. The molecule has 3 rings (SSSR count). The van der Waals surface area contributed by atoms with Gasteiger partial charge < -0.3 is 14.4 Å². The quantitative estimate of drug-likeness (QED) is 0.563. The standard InChI is InChI=1S/C20H20N2O3/c1-3-22(4-2)15-10-11-16-18(12-15)25-20(24)17(19(16)23)13-21-14-8-6-5-7-9-14/h5-13,23H,3-4H2,1-2H3. The van der Waals surface area contributed by atoms with E-state index < -0.39 is 5.63 Å². The van der Waals surface area contributed by atoms with Crippen molar-refractivity contribution in [2.24, 2.45) is 4.99 Å². The third kappa shape index (κ3) is 3.40. The first-order chi connectivity index (χ1) is 12.1. The van der Waals surface area contributed by atoms with Gasteiger partial charge in [0.15, 0.2) is 0 Å². The number of fused-ring (bicyclic) bond motifs is 1. The van der Waals surface area contributed by atoms with Gasteiger partial charge in [-0.25, -0.2) is 4.79 Å². The Balaban J connectivity index is 2.06. The molecule has 25 heavy (non-hydrogen) atoms. The van der Waals surface area contributed by atoms with E-state index in [4.69, 9.17) is 4.42 Å². The molecule has 0 saturated carbocycles. The van der Waals surface area contributed by atoms with E-state index in [1.807, 2.05) is 36.4 Å². The Bertz CT molecular complexity index is 958. The monoisotopic (exact) mass is 336 g/mol. The molecule has 0 aliphatic heterocycles. The van der Waals surface area contributed by atoms with Gasteiger partial charge in [0.2, 0.25) is 0 Å². The first-order valence-electron chi connectivity index (χ1n) is 8.28. The molecule has 3 aromatic rings. The van der Waals surface area contributed by atoms with Gasteiger partial charge in [-0.3, -0.25) is 4.99 Å². The second-order valence-electron chi connectivity index (χ2n) is 5.60.